The Balaban J connectivity index is 1.18. The van der Waals surface area contributed by atoms with Crippen LogP contribution in [-0.2, 0) is 17.8 Å². The second kappa shape index (κ2) is 8.86. The molecule has 0 aromatic heterocycles. The number of amides is 3. The molecule has 33 heavy (non-hydrogen) atoms. The smallest absolute Gasteiger partial charge is 0.319 e. The number of ether oxygens (including phenoxy) is 2. The highest BCUT2D eigenvalue weighted by Gasteiger charge is 2.23. The predicted molar refractivity (Wildman–Crippen MR) is 127 cm³/mol. The van der Waals surface area contributed by atoms with Crippen LogP contribution in [0.25, 0.3) is 11.1 Å². The molecule has 0 fully saturated rings. The predicted octanol–water partition coefficient (Wildman–Crippen LogP) is 4.72. The Kier molecular flexibility index (Phi) is 5.60. The number of carbonyl (C=O) groups excluding carboxylic acids is 2. The molecule has 7 nitrogen and oxygen atoms in total. The zero-order chi connectivity index (χ0) is 22.8. The normalized spacial score (nSPS) is 16.4. The van der Waals surface area contributed by atoms with Gasteiger partial charge in [-0.3, -0.25) is 4.79 Å². The molecule has 7 heteroatoms. The van der Waals surface area contributed by atoms with Gasteiger partial charge < -0.3 is 25.4 Å². The quantitative estimate of drug-likeness (QED) is 0.544. The van der Waals surface area contributed by atoms with E-state index in [1.54, 1.807) is 25.1 Å². The number of rotatable bonds is 4. The summed E-state index contributed by atoms with van der Waals surface area (Å²) in [5.41, 5.74) is 5.65. The van der Waals surface area contributed by atoms with E-state index in [2.05, 4.69) is 40.2 Å². The highest BCUT2D eigenvalue weighted by molar-refractivity contribution is 5.99. The van der Waals surface area contributed by atoms with Crippen molar-refractivity contribution >= 4 is 23.3 Å². The third-order valence-corrected chi connectivity index (χ3v) is 5.82. The summed E-state index contributed by atoms with van der Waals surface area (Å²) in [6, 6.07) is 19.3. The number of anilines is 2. The molecule has 2 aliphatic heterocycles. The van der Waals surface area contributed by atoms with E-state index < -0.39 is 6.10 Å². The molecule has 3 N–H and O–H groups in total. The van der Waals surface area contributed by atoms with Crippen LogP contribution < -0.4 is 25.4 Å². The van der Waals surface area contributed by atoms with E-state index in [9.17, 15) is 9.59 Å². The minimum atomic E-state index is -0.535. The Hall–Kier alpha value is -4.00. The van der Waals surface area contributed by atoms with Crippen LogP contribution in [0.5, 0.6) is 11.5 Å². The lowest BCUT2D eigenvalue weighted by atomic mass is 9.98. The van der Waals surface area contributed by atoms with Gasteiger partial charge in [0.1, 0.15) is 11.5 Å². The molecule has 0 bridgehead atoms. The molecule has 0 spiro atoms. The molecule has 1 unspecified atom stereocenters. The highest BCUT2D eigenvalue weighted by Crippen LogP contribution is 2.32. The van der Waals surface area contributed by atoms with Gasteiger partial charge in [-0.2, -0.15) is 0 Å². The van der Waals surface area contributed by atoms with Crippen molar-refractivity contribution in [2.45, 2.75) is 32.4 Å². The van der Waals surface area contributed by atoms with Gasteiger partial charge in [0.15, 0.2) is 6.10 Å². The summed E-state index contributed by atoms with van der Waals surface area (Å²) in [5.74, 6) is 1.36. The number of hydrogen-bond acceptors (Lipinski definition) is 4. The Morgan fingerprint density at radius 2 is 1.82 bits per heavy atom. The Morgan fingerprint density at radius 3 is 2.67 bits per heavy atom. The number of benzene rings is 3. The van der Waals surface area contributed by atoms with Gasteiger partial charge in [0, 0.05) is 12.2 Å². The maximum absolute atomic E-state index is 12.3. The van der Waals surface area contributed by atoms with Crippen LogP contribution in [0.1, 0.15) is 24.5 Å². The van der Waals surface area contributed by atoms with E-state index in [0.29, 0.717) is 23.7 Å². The Morgan fingerprint density at radius 1 is 1.03 bits per heavy atom. The van der Waals surface area contributed by atoms with Crippen molar-refractivity contribution < 1.29 is 19.1 Å². The molecular formula is C26H25N3O4. The first-order valence-corrected chi connectivity index (χ1v) is 11.1. The van der Waals surface area contributed by atoms with Gasteiger partial charge in [-0.1, -0.05) is 30.3 Å². The number of carbonyl (C=O) groups is 2. The van der Waals surface area contributed by atoms with Gasteiger partial charge in [0.2, 0.25) is 0 Å². The summed E-state index contributed by atoms with van der Waals surface area (Å²) in [4.78, 5) is 24.1. The van der Waals surface area contributed by atoms with Gasteiger partial charge >= 0.3 is 6.03 Å². The zero-order valence-electron chi connectivity index (χ0n) is 18.3. The third-order valence-electron chi connectivity index (χ3n) is 5.82. The average Bonchev–Trinajstić information content (AvgIpc) is 2.84. The molecule has 0 aliphatic carbocycles. The number of urea groups is 1. The van der Waals surface area contributed by atoms with Crippen molar-refractivity contribution in [2.75, 3.05) is 17.2 Å². The van der Waals surface area contributed by atoms with Gasteiger partial charge in [-0.25, -0.2) is 4.79 Å². The number of fused-ring (bicyclic) bond motifs is 2. The first-order chi connectivity index (χ1) is 16.0. The van der Waals surface area contributed by atoms with E-state index in [1.165, 1.54) is 5.56 Å². The van der Waals surface area contributed by atoms with E-state index in [1.807, 2.05) is 18.2 Å². The van der Waals surface area contributed by atoms with E-state index in [0.717, 1.165) is 41.9 Å². The van der Waals surface area contributed by atoms with Gasteiger partial charge in [0.05, 0.1) is 12.3 Å². The van der Waals surface area contributed by atoms with E-state index in [4.69, 9.17) is 9.47 Å². The molecule has 3 aromatic carbocycles. The van der Waals surface area contributed by atoms with Crippen molar-refractivity contribution in [1.29, 1.82) is 0 Å². The van der Waals surface area contributed by atoms with Crippen molar-refractivity contribution in [3.05, 3.63) is 71.8 Å². The molecule has 0 saturated carbocycles. The van der Waals surface area contributed by atoms with E-state index in [-0.39, 0.29) is 11.9 Å². The maximum atomic E-state index is 12.3. The fourth-order valence-electron chi connectivity index (χ4n) is 4.00. The van der Waals surface area contributed by atoms with Crippen LogP contribution in [0, 0.1) is 0 Å². The highest BCUT2D eigenvalue weighted by atomic mass is 16.5. The fourth-order valence-corrected chi connectivity index (χ4v) is 4.00. The van der Waals surface area contributed by atoms with E-state index >= 15 is 0 Å². The molecule has 0 saturated heterocycles. The first kappa shape index (κ1) is 20.9. The molecular weight excluding hydrogens is 418 g/mol. The average molecular weight is 444 g/mol. The SMILES string of the molecule is CC1Oc2ccc(NC(=O)NCc3ccc(-c4ccc5c(c4)CCCO5)cc3)cc2NC1=O. The molecule has 2 heterocycles. The summed E-state index contributed by atoms with van der Waals surface area (Å²) in [7, 11) is 0. The lowest BCUT2D eigenvalue weighted by molar-refractivity contribution is -0.122. The van der Waals surface area contributed by atoms with Crippen molar-refractivity contribution in [2.24, 2.45) is 0 Å². The minimum absolute atomic E-state index is 0.212. The summed E-state index contributed by atoms with van der Waals surface area (Å²) in [6.45, 7) is 2.87. The third kappa shape index (κ3) is 4.62. The summed E-state index contributed by atoms with van der Waals surface area (Å²) >= 11 is 0. The minimum Gasteiger partial charge on any atom is -0.493 e. The number of hydrogen-bond donors (Lipinski definition) is 3. The molecule has 3 aromatic rings. The standard InChI is InChI=1S/C26H25N3O4/c1-16-25(30)29-22-14-21(9-11-24(22)33-16)28-26(31)27-15-17-4-6-18(7-5-17)19-8-10-23-20(13-19)3-2-12-32-23/h4-11,13-14,16H,2-3,12,15H2,1H3,(H,29,30)(H2,27,28,31). The van der Waals surface area contributed by atoms with Crippen LogP contribution in [-0.4, -0.2) is 24.6 Å². The Labute approximate surface area is 192 Å². The second-order valence-corrected chi connectivity index (χ2v) is 8.24. The molecule has 0 radical (unpaired) electrons. The summed E-state index contributed by atoms with van der Waals surface area (Å²) in [5, 5.41) is 8.42. The van der Waals surface area contributed by atoms with Crippen LogP contribution >= 0.6 is 0 Å². The molecule has 5 rings (SSSR count). The van der Waals surface area contributed by atoms with Crippen molar-refractivity contribution in [1.82, 2.24) is 5.32 Å². The fraction of sp³-hybridized carbons (Fsp3) is 0.231. The summed E-state index contributed by atoms with van der Waals surface area (Å²) in [6.07, 6.45) is 1.56. The monoisotopic (exact) mass is 443 g/mol. The van der Waals surface area contributed by atoms with Gasteiger partial charge in [0.25, 0.3) is 5.91 Å². The second-order valence-electron chi connectivity index (χ2n) is 8.24. The molecule has 2 aliphatic rings. The van der Waals surface area contributed by atoms with Gasteiger partial charge in [-0.15, -0.1) is 0 Å². The lowest BCUT2D eigenvalue weighted by Crippen LogP contribution is -2.34. The number of aryl methyl sites for hydroxylation is 1. The van der Waals surface area contributed by atoms with Gasteiger partial charge in [-0.05, 0) is 72.4 Å². The van der Waals surface area contributed by atoms with Crippen molar-refractivity contribution in [3.63, 3.8) is 0 Å². The number of nitrogens with one attached hydrogen (secondary N) is 3. The topological polar surface area (TPSA) is 88.7 Å². The molecule has 1 atom stereocenters. The largest absolute Gasteiger partial charge is 0.493 e. The Bertz CT molecular complexity index is 1210. The molecule has 168 valence electrons. The van der Waals surface area contributed by atoms with Crippen LogP contribution in [0.2, 0.25) is 0 Å². The summed E-state index contributed by atoms with van der Waals surface area (Å²) < 4.78 is 11.2. The van der Waals surface area contributed by atoms with Crippen LogP contribution in [0.4, 0.5) is 16.2 Å². The molecule has 3 amide bonds. The lowest BCUT2D eigenvalue weighted by Gasteiger charge is -2.23. The first-order valence-electron chi connectivity index (χ1n) is 11.1. The van der Waals surface area contributed by atoms with Crippen LogP contribution in [0.15, 0.2) is 60.7 Å². The zero-order valence-corrected chi connectivity index (χ0v) is 18.3. The van der Waals surface area contributed by atoms with Crippen molar-refractivity contribution in [3.8, 4) is 22.6 Å². The maximum Gasteiger partial charge on any atom is 0.319 e. The van der Waals surface area contributed by atoms with Crippen LogP contribution in [0.3, 0.4) is 0 Å².